The smallest absolute Gasteiger partial charge is 0.246 e. The second kappa shape index (κ2) is 3.87. The first-order valence-electron chi connectivity index (χ1n) is 4.92. The average molecular weight is 202 g/mol. The van der Waals surface area contributed by atoms with E-state index in [-0.39, 0.29) is 0 Å². The summed E-state index contributed by atoms with van der Waals surface area (Å²) in [4.78, 5) is 0. The lowest BCUT2D eigenvalue weighted by Gasteiger charge is -2.19. The van der Waals surface area contributed by atoms with Gasteiger partial charge in [0.05, 0.1) is 14.1 Å². The Morgan fingerprint density at radius 2 is 1.93 bits per heavy atom. The second-order valence-corrected chi connectivity index (χ2v) is 3.67. The third kappa shape index (κ3) is 1.78. The molecule has 1 aromatic carbocycles. The van der Waals surface area contributed by atoms with Gasteiger partial charge in [0.25, 0.3) is 0 Å². The monoisotopic (exact) mass is 202 g/mol. The van der Waals surface area contributed by atoms with Crippen molar-refractivity contribution in [1.82, 2.24) is 4.57 Å². The van der Waals surface area contributed by atoms with Gasteiger partial charge in [-0.2, -0.15) is 0 Å². The fraction of sp³-hybridized carbons (Fsp3) is 0.250. The van der Waals surface area contributed by atoms with Crippen LogP contribution in [-0.4, -0.2) is 4.57 Å². The quantitative estimate of drug-likeness (QED) is 0.644. The molecule has 0 radical (unpaired) electrons. The molecule has 1 atom stereocenters. The first-order chi connectivity index (χ1) is 7.20. The molecule has 1 aromatic heterocycles. The number of benzene rings is 1. The fourth-order valence-corrected chi connectivity index (χ4v) is 1.75. The first kappa shape index (κ1) is 9.93. The molecule has 1 unspecified atom stereocenters. The van der Waals surface area contributed by atoms with Gasteiger partial charge in [-0.25, -0.2) is 9.13 Å². The van der Waals surface area contributed by atoms with Gasteiger partial charge in [0, 0.05) is 6.10 Å². The van der Waals surface area contributed by atoms with Crippen molar-refractivity contribution in [3.63, 3.8) is 0 Å². The number of hydrogen-bond acceptors (Lipinski definition) is 1. The van der Waals surface area contributed by atoms with E-state index in [1.54, 1.807) is 0 Å². The van der Waals surface area contributed by atoms with Crippen molar-refractivity contribution in [2.45, 2.75) is 6.10 Å². The molecule has 78 valence electrons. The number of hydrogen-bond donors (Lipinski definition) is 0. The molecule has 2 rings (SSSR count). The summed E-state index contributed by atoms with van der Waals surface area (Å²) in [6.07, 6.45) is 2.96. The van der Waals surface area contributed by atoms with E-state index < -0.39 is 6.10 Å². The van der Waals surface area contributed by atoms with Crippen LogP contribution in [0.3, 0.4) is 0 Å². The Bertz CT molecular complexity index is 428. The topological polar surface area (TPSA) is 31.9 Å². The van der Waals surface area contributed by atoms with E-state index in [4.69, 9.17) is 0 Å². The Hall–Kier alpha value is -1.61. The highest BCUT2D eigenvalue weighted by Gasteiger charge is 2.15. The molecule has 0 aliphatic heterocycles. The predicted molar refractivity (Wildman–Crippen MR) is 54.9 cm³/mol. The standard InChI is InChI=1S/C12H14N2O/c1-13-8-9-14(2)12(13)11(15)10-6-4-3-5-7-10/h3-9,11H,1-2H3. The Morgan fingerprint density at radius 3 is 2.47 bits per heavy atom. The van der Waals surface area contributed by atoms with Crippen LogP contribution >= 0.6 is 0 Å². The lowest BCUT2D eigenvalue weighted by Crippen LogP contribution is -2.38. The van der Waals surface area contributed by atoms with Gasteiger partial charge in [-0.15, -0.1) is 0 Å². The molecule has 0 saturated heterocycles. The van der Waals surface area contributed by atoms with Crippen molar-refractivity contribution in [3.8, 4) is 0 Å². The molecular formula is C12H14N2O. The SMILES string of the molecule is Cn1cc[n+](C)c1C([O-])c1ccccc1. The summed E-state index contributed by atoms with van der Waals surface area (Å²) in [5.41, 5.74) is 0.801. The molecule has 0 spiro atoms. The van der Waals surface area contributed by atoms with Gasteiger partial charge in [0.2, 0.25) is 5.82 Å². The van der Waals surface area contributed by atoms with Gasteiger partial charge in [-0.3, -0.25) is 0 Å². The normalized spacial score (nSPS) is 12.7. The predicted octanol–water partition coefficient (Wildman–Crippen LogP) is 0.299. The maximum Gasteiger partial charge on any atom is 0.246 e. The number of aryl methyl sites for hydroxylation is 2. The van der Waals surface area contributed by atoms with Crippen LogP contribution in [0.25, 0.3) is 0 Å². The fourth-order valence-electron chi connectivity index (χ4n) is 1.75. The van der Waals surface area contributed by atoms with Gasteiger partial charge in [-0.05, 0) is 5.56 Å². The van der Waals surface area contributed by atoms with Crippen molar-refractivity contribution in [2.24, 2.45) is 14.1 Å². The summed E-state index contributed by atoms with van der Waals surface area (Å²) >= 11 is 0. The Kier molecular flexibility index (Phi) is 2.56. The molecule has 0 aliphatic rings. The zero-order chi connectivity index (χ0) is 10.8. The molecule has 15 heavy (non-hydrogen) atoms. The van der Waals surface area contributed by atoms with Gasteiger partial charge < -0.3 is 5.11 Å². The summed E-state index contributed by atoms with van der Waals surface area (Å²) in [5.74, 6) is 0.765. The third-order valence-corrected chi connectivity index (χ3v) is 2.57. The van der Waals surface area contributed by atoms with Crippen LogP contribution in [0, 0.1) is 0 Å². The van der Waals surface area contributed by atoms with E-state index in [0.29, 0.717) is 0 Å². The van der Waals surface area contributed by atoms with E-state index in [1.165, 1.54) is 0 Å². The van der Waals surface area contributed by atoms with Crippen molar-refractivity contribution in [2.75, 3.05) is 0 Å². The largest absolute Gasteiger partial charge is 0.840 e. The molecular weight excluding hydrogens is 188 g/mol. The maximum atomic E-state index is 12.2. The summed E-state index contributed by atoms with van der Waals surface area (Å²) in [7, 11) is 3.78. The average Bonchev–Trinajstić information content (AvgIpc) is 2.59. The Labute approximate surface area is 89.2 Å². The van der Waals surface area contributed by atoms with Crippen molar-refractivity contribution in [3.05, 3.63) is 54.1 Å². The number of imidazole rings is 1. The van der Waals surface area contributed by atoms with Crippen LogP contribution in [0.1, 0.15) is 17.5 Å². The summed E-state index contributed by atoms with van der Waals surface area (Å²) < 4.78 is 3.73. The zero-order valence-electron chi connectivity index (χ0n) is 8.92. The Balaban J connectivity index is 2.41. The van der Waals surface area contributed by atoms with Crippen LogP contribution in [0.15, 0.2) is 42.7 Å². The van der Waals surface area contributed by atoms with Gasteiger partial charge in [0.1, 0.15) is 12.4 Å². The lowest BCUT2D eigenvalue weighted by molar-refractivity contribution is -0.691. The minimum atomic E-state index is -0.823. The highest BCUT2D eigenvalue weighted by Crippen LogP contribution is 2.14. The van der Waals surface area contributed by atoms with Crippen LogP contribution < -0.4 is 9.67 Å². The van der Waals surface area contributed by atoms with E-state index in [0.717, 1.165) is 11.4 Å². The maximum absolute atomic E-state index is 12.2. The van der Waals surface area contributed by atoms with E-state index in [9.17, 15) is 5.11 Å². The molecule has 0 amide bonds. The van der Waals surface area contributed by atoms with Gasteiger partial charge >= 0.3 is 0 Å². The minimum Gasteiger partial charge on any atom is -0.840 e. The molecule has 3 heteroatoms. The van der Waals surface area contributed by atoms with Crippen molar-refractivity contribution < 1.29 is 9.67 Å². The molecule has 0 aliphatic carbocycles. The van der Waals surface area contributed by atoms with Crippen LogP contribution in [0.4, 0.5) is 0 Å². The zero-order valence-corrected chi connectivity index (χ0v) is 8.92. The van der Waals surface area contributed by atoms with Gasteiger partial charge in [0.15, 0.2) is 0 Å². The van der Waals surface area contributed by atoms with Crippen molar-refractivity contribution >= 4 is 0 Å². The van der Waals surface area contributed by atoms with E-state index >= 15 is 0 Å². The molecule has 1 heterocycles. The molecule has 0 fully saturated rings. The minimum absolute atomic E-state index is 0.765. The highest BCUT2D eigenvalue weighted by molar-refractivity contribution is 5.20. The Morgan fingerprint density at radius 1 is 1.27 bits per heavy atom. The lowest BCUT2D eigenvalue weighted by atomic mass is 10.1. The second-order valence-electron chi connectivity index (χ2n) is 3.67. The molecule has 3 nitrogen and oxygen atoms in total. The van der Waals surface area contributed by atoms with E-state index in [1.807, 2.05) is 66.0 Å². The summed E-state index contributed by atoms with van der Waals surface area (Å²) in [6.45, 7) is 0. The molecule has 0 N–H and O–H groups in total. The summed E-state index contributed by atoms with van der Waals surface area (Å²) in [5, 5.41) is 12.2. The number of nitrogens with zero attached hydrogens (tertiary/aromatic N) is 2. The van der Waals surface area contributed by atoms with Crippen molar-refractivity contribution in [1.29, 1.82) is 0 Å². The van der Waals surface area contributed by atoms with Gasteiger partial charge in [-0.1, -0.05) is 30.3 Å². The van der Waals surface area contributed by atoms with Crippen LogP contribution in [-0.2, 0) is 14.1 Å². The highest BCUT2D eigenvalue weighted by atomic mass is 16.3. The first-order valence-corrected chi connectivity index (χ1v) is 4.92. The van der Waals surface area contributed by atoms with Crippen LogP contribution in [0.5, 0.6) is 0 Å². The number of aromatic nitrogens is 2. The van der Waals surface area contributed by atoms with E-state index in [2.05, 4.69) is 0 Å². The summed E-state index contributed by atoms with van der Waals surface area (Å²) in [6, 6.07) is 9.43. The molecule has 0 bridgehead atoms. The third-order valence-electron chi connectivity index (χ3n) is 2.57. The van der Waals surface area contributed by atoms with Crippen LogP contribution in [0.2, 0.25) is 0 Å². The number of rotatable bonds is 2. The molecule has 0 saturated carbocycles. The molecule has 2 aromatic rings.